The third-order valence-electron chi connectivity index (χ3n) is 3.48. The summed E-state index contributed by atoms with van der Waals surface area (Å²) >= 11 is 0. The van der Waals surface area contributed by atoms with E-state index in [1.807, 2.05) is 12.1 Å². The van der Waals surface area contributed by atoms with Crippen LogP contribution < -0.4 is 20.1 Å². The lowest BCUT2D eigenvalue weighted by Gasteiger charge is -2.25. The molecule has 0 atom stereocenters. The van der Waals surface area contributed by atoms with Crippen molar-refractivity contribution in [3.05, 3.63) is 12.1 Å². The van der Waals surface area contributed by atoms with Crippen molar-refractivity contribution in [2.24, 2.45) is 0 Å². The highest BCUT2D eigenvalue weighted by Crippen LogP contribution is 2.37. The summed E-state index contributed by atoms with van der Waals surface area (Å²) in [6.45, 7) is 2.14. The SMILES string of the molecule is COc1cc(N)c(N2CCCCCC2)cc1OC. The van der Waals surface area contributed by atoms with Gasteiger partial charge in [-0.1, -0.05) is 12.8 Å². The summed E-state index contributed by atoms with van der Waals surface area (Å²) in [5.41, 5.74) is 7.95. The average Bonchev–Trinajstić information content (AvgIpc) is 2.67. The summed E-state index contributed by atoms with van der Waals surface area (Å²) in [5.74, 6) is 1.43. The maximum atomic E-state index is 6.13. The van der Waals surface area contributed by atoms with E-state index in [-0.39, 0.29) is 0 Å². The van der Waals surface area contributed by atoms with Crippen LogP contribution in [0, 0.1) is 0 Å². The van der Waals surface area contributed by atoms with E-state index in [4.69, 9.17) is 15.2 Å². The molecule has 1 fully saturated rings. The van der Waals surface area contributed by atoms with E-state index in [9.17, 15) is 0 Å². The Balaban J connectivity index is 2.31. The van der Waals surface area contributed by atoms with Crippen LogP contribution in [0.4, 0.5) is 11.4 Å². The van der Waals surface area contributed by atoms with Crippen LogP contribution in [0.3, 0.4) is 0 Å². The van der Waals surface area contributed by atoms with E-state index >= 15 is 0 Å². The Hall–Kier alpha value is -1.58. The van der Waals surface area contributed by atoms with Crippen LogP contribution in [-0.2, 0) is 0 Å². The highest BCUT2D eigenvalue weighted by atomic mass is 16.5. The van der Waals surface area contributed by atoms with Crippen molar-refractivity contribution in [1.29, 1.82) is 0 Å². The minimum absolute atomic E-state index is 0.688. The third kappa shape index (κ3) is 2.63. The van der Waals surface area contributed by atoms with E-state index in [1.165, 1.54) is 25.7 Å². The lowest BCUT2D eigenvalue weighted by molar-refractivity contribution is 0.355. The highest BCUT2D eigenvalue weighted by molar-refractivity contribution is 5.73. The van der Waals surface area contributed by atoms with E-state index in [1.54, 1.807) is 14.2 Å². The van der Waals surface area contributed by atoms with Gasteiger partial charge in [0.15, 0.2) is 11.5 Å². The lowest BCUT2D eigenvalue weighted by atomic mass is 10.2. The molecule has 1 aromatic carbocycles. The van der Waals surface area contributed by atoms with Gasteiger partial charge in [0.1, 0.15) is 0 Å². The zero-order valence-electron chi connectivity index (χ0n) is 11.2. The van der Waals surface area contributed by atoms with Crippen molar-refractivity contribution in [1.82, 2.24) is 0 Å². The van der Waals surface area contributed by atoms with Gasteiger partial charge in [0.25, 0.3) is 0 Å². The molecule has 1 aliphatic heterocycles. The number of anilines is 2. The Kier molecular flexibility index (Phi) is 4.18. The second-order valence-corrected chi connectivity index (χ2v) is 4.67. The molecule has 18 heavy (non-hydrogen) atoms. The zero-order valence-corrected chi connectivity index (χ0v) is 11.2. The maximum Gasteiger partial charge on any atom is 0.162 e. The Morgan fingerprint density at radius 3 is 2.06 bits per heavy atom. The molecule has 2 N–H and O–H groups in total. The molecular weight excluding hydrogens is 228 g/mol. The van der Waals surface area contributed by atoms with Crippen molar-refractivity contribution in [2.75, 3.05) is 37.9 Å². The van der Waals surface area contributed by atoms with Gasteiger partial charge in [-0.15, -0.1) is 0 Å². The largest absolute Gasteiger partial charge is 0.493 e. The van der Waals surface area contributed by atoms with Crippen molar-refractivity contribution >= 4 is 11.4 Å². The molecular formula is C14H22N2O2. The molecule has 1 saturated heterocycles. The van der Waals surface area contributed by atoms with Gasteiger partial charge in [0.05, 0.1) is 25.6 Å². The van der Waals surface area contributed by atoms with Gasteiger partial charge in [0.2, 0.25) is 0 Å². The van der Waals surface area contributed by atoms with Crippen LogP contribution in [0.1, 0.15) is 25.7 Å². The Morgan fingerprint density at radius 1 is 0.944 bits per heavy atom. The number of nitrogens with zero attached hydrogens (tertiary/aromatic N) is 1. The molecule has 100 valence electrons. The van der Waals surface area contributed by atoms with Crippen molar-refractivity contribution in [3.63, 3.8) is 0 Å². The third-order valence-corrected chi connectivity index (χ3v) is 3.48. The summed E-state index contributed by atoms with van der Waals surface area (Å²) in [7, 11) is 3.28. The fraction of sp³-hybridized carbons (Fsp3) is 0.571. The molecule has 0 radical (unpaired) electrons. The molecule has 4 heteroatoms. The first-order valence-corrected chi connectivity index (χ1v) is 6.52. The minimum atomic E-state index is 0.688. The van der Waals surface area contributed by atoms with Crippen LogP contribution in [0.2, 0.25) is 0 Å². The number of benzene rings is 1. The zero-order chi connectivity index (χ0) is 13.0. The normalized spacial score (nSPS) is 16.2. The number of methoxy groups -OCH3 is 2. The number of nitrogens with two attached hydrogens (primary N) is 1. The fourth-order valence-electron chi connectivity index (χ4n) is 2.47. The van der Waals surface area contributed by atoms with Crippen molar-refractivity contribution in [2.45, 2.75) is 25.7 Å². The second kappa shape index (κ2) is 5.85. The second-order valence-electron chi connectivity index (χ2n) is 4.67. The minimum Gasteiger partial charge on any atom is -0.493 e. The van der Waals surface area contributed by atoms with E-state index in [2.05, 4.69) is 4.90 Å². The number of nitrogen functional groups attached to an aromatic ring is 1. The Bertz CT molecular complexity index is 399. The van der Waals surface area contributed by atoms with Gasteiger partial charge in [-0.25, -0.2) is 0 Å². The number of ether oxygens (including phenoxy) is 2. The van der Waals surface area contributed by atoms with E-state index in [0.717, 1.165) is 30.2 Å². The summed E-state index contributed by atoms with van der Waals surface area (Å²) in [5, 5.41) is 0. The molecule has 0 bridgehead atoms. The quantitative estimate of drug-likeness (QED) is 0.838. The molecule has 1 aliphatic rings. The summed E-state index contributed by atoms with van der Waals surface area (Å²) < 4.78 is 10.6. The molecule has 1 aromatic rings. The smallest absolute Gasteiger partial charge is 0.162 e. The first-order chi connectivity index (χ1) is 8.76. The van der Waals surface area contributed by atoms with Crippen LogP contribution in [0.5, 0.6) is 11.5 Å². The standard InChI is InChI=1S/C14H22N2O2/c1-17-13-9-11(15)12(10-14(13)18-2)16-7-5-3-4-6-8-16/h9-10H,3-8,15H2,1-2H3. The molecule has 0 amide bonds. The predicted octanol–water partition coefficient (Wildman–Crippen LogP) is 2.67. The van der Waals surface area contributed by atoms with Crippen LogP contribution in [0.25, 0.3) is 0 Å². The lowest BCUT2D eigenvalue weighted by Crippen LogP contribution is -2.24. The topological polar surface area (TPSA) is 47.7 Å². The molecule has 0 saturated carbocycles. The monoisotopic (exact) mass is 250 g/mol. The van der Waals surface area contributed by atoms with Crippen LogP contribution in [0.15, 0.2) is 12.1 Å². The van der Waals surface area contributed by atoms with Crippen molar-refractivity contribution < 1.29 is 9.47 Å². The van der Waals surface area contributed by atoms with E-state index < -0.39 is 0 Å². The fourth-order valence-corrected chi connectivity index (χ4v) is 2.47. The van der Waals surface area contributed by atoms with Crippen LogP contribution >= 0.6 is 0 Å². The first kappa shape index (κ1) is 12.9. The molecule has 2 rings (SSSR count). The molecule has 0 aliphatic carbocycles. The van der Waals surface area contributed by atoms with Crippen molar-refractivity contribution in [3.8, 4) is 11.5 Å². The number of hydrogen-bond donors (Lipinski definition) is 1. The van der Waals surface area contributed by atoms with Gasteiger partial charge in [-0.2, -0.15) is 0 Å². The Labute approximate surface area is 109 Å². The van der Waals surface area contributed by atoms with Gasteiger partial charge in [-0.05, 0) is 12.8 Å². The predicted molar refractivity (Wildman–Crippen MR) is 74.6 cm³/mol. The summed E-state index contributed by atoms with van der Waals surface area (Å²) in [6.07, 6.45) is 5.08. The summed E-state index contributed by atoms with van der Waals surface area (Å²) in [4.78, 5) is 2.35. The van der Waals surface area contributed by atoms with Gasteiger partial charge in [0, 0.05) is 25.2 Å². The first-order valence-electron chi connectivity index (χ1n) is 6.52. The van der Waals surface area contributed by atoms with Gasteiger partial charge >= 0.3 is 0 Å². The molecule has 0 spiro atoms. The maximum absolute atomic E-state index is 6.13. The average molecular weight is 250 g/mol. The van der Waals surface area contributed by atoms with Gasteiger partial charge in [-0.3, -0.25) is 0 Å². The van der Waals surface area contributed by atoms with E-state index in [0.29, 0.717) is 5.75 Å². The van der Waals surface area contributed by atoms with Gasteiger partial charge < -0.3 is 20.1 Å². The Morgan fingerprint density at radius 2 is 1.50 bits per heavy atom. The molecule has 0 aromatic heterocycles. The number of hydrogen-bond acceptors (Lipinski definition) is 4. The molecule has 1 heterocycles. The molecule has 4 nitrogen and oxygen atoms in total. The molecule has 0 unspecified atom stereocenters. The summed E-state index contributed by atoms with van der Waals surface area (Å²) in [6, 6.07) is 3.83. The highest BCUT2D eigenvalue weighted by Gasteiger charge is 2.16. The number of rotatable bonds is 3. The van der Waals surface area contributed by atoms with Crippen LogP contribution in [-0.4, -0.2) is 27.3 Å².